The lowest BCUT2D eigenvalue weighted by Crippen LogP contribution is -2.38. The van der Waals surface area contributed by atoms with E-state index in [0.717, 1.165) is 71.2 Å². The zero-order chi connectivity index (χ0) is 27.2. The van der Waals surface area contributed by atoms with Crippen LogP contribution < -0.4 is 0 Å². The monoisotopic (exact) mass is 528 g/mol. The first-order valence-corrected chi connectivity index (χ1v) is 16.0. The molecule has 0 unspecified atom stereocenters. The van der Waals surface area contributed by atoms with Gasteiger partial charge in [-0.15, -0.1) is 0 Å². The van der Waals surface area contributed by atoms with Crippen LogP contribution in [-0.2, 0) is 9.53 Å². The van der Waals surface area contributed by atoms with Crippen LogP contribution in [0.4, 0.5) is 0 Å². The minimum Gasteiger partial charge on any atom is -0.466 e. The van der Waals surface area contributed by atoms with Gasteiger partial charge in [-0.05, 0) is 38.8 Å². The Bertz CT molecular complexity index is 464. The highest BCUT2D eigenvalue weighted by Crippen LogP contribution is 2.10. The fourth-order valence-corrected chi connectivity index (χ4v) is 4.80. The van der Waals surface area contributed by atoms with Crippen LogP contribution in [0.3, 0.4) is 0 Å². The number of aliphatic hydroxyl groups excluding tert-OH is 2. The van der Waals surface area contributed by atoms with Crippen molar-refractivity contribution >= 4 is 5.97 Å². The van der Waals surface area contributed by atoms with Crippen LogP contribution in [0.5, 0.6) is 0 Å². The predicted molar refractivity (Wildman–Crippen MR) is 157 cm³/mol. The molecule has 6 heteroatoms. The number of nitrogens with zero attached hydrogens (tertiary/aromatic N) is 2. The van der Waals surface area contributed by atoms with E-state index in [1.54, 1.807) is 0 Å². The number of aliphatic hydroxyl groups is 2. The lowest BCUT2D eigenvalue weighted by atomic mass is 10.1. The lowest BCUT2D eigenvalue weighted by Gasteiger charge is -2.27. The van der Waals surface area contributed by atoms with Crippen molar-refractivity contribution in [2.75, 3.05) is 59.1 Å². The molecule has 0 fully saturated rings. The van der Waals surface area contributed by atoms with Crippen molar-refractivity contribution in [3.63, 3.8) is 0 Å². The zero-order valence-corrected chi connectivity index (χ0v) is 24.9. The summed E-state index contributed by atoms with van der Waals surface area (Å²) < 4.78 is 5.38. The van der Waals surface area contributed by atoms with Gasteiger partial charge in [0.05, 0.1) is 19.8 Å². The van der Waals surface area contributed by atoms with Gasteiger partial charge in [-0.1, -0.05) is 104 Å². The molecule has 0 aromatic rings. The predicted octanol–water partition coefficient (Wildman–Crippen LogP) is 6.57. The SMILES string of the molecule is CCCCCCCCCOC(=O)CCCCCCCN(CCO)CCN(CCO)CCCCCCCC. The summed E-state index contributed by atoms with van der Waals surface area (Å²) in [4.78, 5) is 16.6. The Balaban J connectivity index is 3.79. The maximum atomic E-state index is 11.9. The van der Waals surface area contributed by atoms with E-state index in [1.807, 2.05) is 0 Å². The molecule has 0 aliphatic carbocycles. The van der Waals surface area contributed by atoms with Gasteiger partial charge in [0.25, 0.3) is 0 Å². The lowest BCUT2D eigenvalue weighted by molar-refractivity contribution is -0.143. The van der Waals surface area contributed by atoms with Crippen molar-refractivity contribution in [2.24, 2.45) is 0 Å². The van der Waals surface area contributed by atoms with Crippen molar-refractivity contribution in [1.29, 1.82) is 0 Å². The van der Waals surface area contributed by atoms with Gasteiger partial charge in [-0.2, -0.15) is 0 Å². The molecular formula is C31H64N2O4. The van der Waals surface area contributed by atoms with Crippen LogP contribution in [0.25, 0.3) is 0 Å². The Morgan fingerprint density at radius 3 is 1.38 bits per heavy atom. The summed E-state index contributed by atoms with van der Waals surface area (Å²) >= 11 is 0. The molecule has 37 heavy (non-hydrogen) atoms. The quantitative estimate of drug-likeness (QED) is 0.0811. The van der Waals surface area contributed by atoms with Gasteiger partial charge >= 0.3 is 5.97 Å². The Labute approximate surface area is 230 Å². The molecule has 0 heterocycles. The summed E-state index contributed by atoms with van der Waals surface area (Å²) in [6.07, 6.45) is 22.4. The smallest absolute Gasteiger partial charge is 0.305 e. The number of unbranched alkanes of at least 4 members (excludes halogenated alkanes) is 15. The molecule has 0 amide bonds. The first-order chi connectivity index (χ1) is 18.2. The van der Waals surface area contributed by atoms with E-state index in [2.05, 4.69) is 23.6 Å². The van der Waals surface area contributed by atoms with E-state index in [4.69, 9.17) is 4.74 Å². The van der Waals surface area contributed by atoms with Crippen LogP contribution in [0.1, 0.15) is 136 Å². The zero-order valence-electron chi connectivity index (χ0n) is 24.9. The standard InChI is InChI=1S/C31H64N2O4/c1-3-5-7-9-11-16-20-30-37-31(36)21-17-13-12-15-19-23-33(27-29-35)25-24-32(26-28-34)22-18-14-10-8-6-4-2/h34-35H,3-30H2,1-2H3. The molecule has 0 aromatic heterocycles. The largest absolute Gasteiger partial charge is 0.466 e. The second-order valence-electron chi connectivity index (χ2n) is 10.8. The third-order valence-corrected chi connectivity index (χ3v) is 7.26. The van der Waals surface area contributed by atoms with Crippen LogP contribution in [-0.4, -0.2) is 85.1 Å². The van der Waals surface area contributed by atoms with Gasteiger partial charge in [0, 0.05) is 32.6 Å². The first-order valence-electron chi connectivity index (χ1n) is 16.0. The van der Waals surface area contributed by atoms with Crippen molar-refractivity contribution in [3.8, 4) is 0 Å². The molecule has 0 atom stereocenters. The van der Waals surface area contributed by atoms with E-state index >= 15 is 0 Å². The summed E-state index contributed by atoms with van der Waals surface area (Å²) in [6.45, 7) is 10.9. The molecule has 0 bridgehead atoms. The number of rotatable bonds is 30. The number of carbonyl (C=O) groups is 1. The Morgan fingerprint density at radius 2 is 0.919 bits per heavy atom. The maximum absolute atomic E-state index is 11.9. The molecule has 0 saturated heterocycles. The average Bonchev–Trinajstić information content (AvgIpc) is 2.89. The van der Waals surface area contributed by atoms with Gasteiger partial charge < -0.3 is 14.9 Å². The molecule has 0 aromatic carbocycles. The molecule has 6 nitrogen and oxygen atoms in total. The van der Waals surface area contributed by atoms with E-state index in [1.165, 1.54) is 77.0 Å². The molecule has 0 rings (SSSR count). The van der Waals surface area contributed by atoms with Crippen LogP contribution >= 0.6 is 0 Å². The highest BCUT2D eigenvalue weighted by atomic mass is 16.5. The van der Waals surface area contributed by atoms with Gasteiger partial charge in [-0.3, -0.25) is 14.6 Å². The summed E-state index contributed by atoms with van der Waals surface area (Å²) in [5.74, 6) is -0.0338. The number of hydrogen-bond acceptors (Lipinski definition) is 6. The molecule has 0 aliphatic heterocycles. The van der Waals surface area contributed by atoms with Crippen molar-refractivity contribution < 1.29 is 19.7 Å². The van der Waals surface area contributed by atoms with Gasteiger partial charge in [0.2, 0.25) is 0 Å². The highest BCUT2D eigenvalue weighted by molar-refractivity contribution is 5.69. The molecule has 2 N–H and O–H groups in total. The van der Waals surface area contributed by atoms with Gasteiger partial charge in [0.1, 0.15) is 0 Å². The number of esters is 1. The van der Waals surface area contributed by atoms with Crippen molar-refractivity contribution in [2.45, 2.75) is 136 Å². The van der Waals surface area contributed by atoms with Gasteiger partial charge in [-0.25, -0.2) is 0 Å². The third kappa shape index (κ3) is 26.7. The van der Waals surface area contributed by atoms with E-state index in [-0.39, 0.29) is 19.2 Å². The Morgan fingerprint density at radius 1 is 0.514 bits per heavy atom. The van der Waals surface area contributed by atoms with Crippen LogP contribution in [0.15, 0.2) is 0 Å². The number of hydrogen-bond donors (Lipinski definition) is 2. The second-order valence-corrected chi connectivity index (χ2v) is 10.8. The summed E-state index contributed by atoms with van der Waals surface area (Å²) in [5, 5.41) is 18.9. The topological polar surface area (TPSA) is 73.2 Å². The normalized spacial score (nSPS) is 11.6. The van der Waals surface area contributed by atoms with Crippen molar-refractivity contribution in [3.05, 3.63) is 0 Å². The molecule has 222 valence electrons. The highest BCUT2D eigenvalue weighted by Gasteiger charge is 2.09. The van der Waals surface area contributed by atoms with Crippen molar-refractivity contribution in [1.82, 2.24) is 9.80 Å². The summed E-state index contributed by atoms with van der Waals surface area (Å²) in [7, 11) is 0. The van der Waals surface area contributed by atoms with E-state index in [0.29, 0.717) is 19.6 Å². The average molecular weight is 529 g/mol. The fraction of sp³-hybridized carbons (Fsp3) is 0.968. The molecule has 0 spiro atoms. The van der Waals surface area contributed by atoms with Crippen LogP contribution in [0.2, 0.25) is 0 Å². The second kappa shape index (κ2) is 29.9. The molecule has 0 saturated carbocycles. The van der Waals surface area contributed by atoms with E-state index in [9.17, 15) is 15.0 Å². The molecule has 0 radical (unpaired) electrons. The van der Waals surface area contributed by atoms with Gasteiger partial charge in [0.15, 0.2) is 0 Å². The first kappa shape index (κ1) is 36.3. The minimum absolute atomic E-state index is 0.0338. The summed E-state index contributed by atoms with van der Waals surface area (Å²) in [5.41, 5.74) is 0. The summed E-state index contributed by atoms with van der Waals surface area (Å²) in [6, 6.07) is 0. The Hall–Kier alpha value is -0.690. The minimum atomic E-state index is -0.0338. The Kier molecular flexibility index (Phi) is 29.3. The third-order valence-electron chi connectivity index (χ3n) is 7.26. The molecular weight excluding hydrogens is 464 g/mol. The number of ether oxygens (including phenoxy) is 1. The van der Waals surface area contributed by atoms with E-state index < -0.39 is 0 Å². The number of carbonyl (C=O) groups excluding carboxylic acids is 1. The fourth-order valence-electron chi connectivity index (χ4n) is 4.80. The van der Waals surface area contributed by atoms with Crippen LogP contribution in [0, 0.1) is 0 Å². The maximum Gasteiger partial charge on any atom is 0.305 e. The molecule has 0 aliphatic rings.